The van der Waals surface area contributed by atoms with Crippen molar-refractivity contribution in [2.24, 2.45) is 0 Å². The molecule has 0 aliphatic heterocycles. The van der Waals surface area contributed by atoms with Crippen molar-refractivity contribution in [1.82, 2.24) is 0 Å². The molecule has 0 heterocycles. The summed E-state index contributed by atoms with van der Waals surface area (Å²) in [6.45, 7) is 0.0837. The molecule has 0 saturated heterocycles. The lowest BCUT2D eigenvalue weighted by Gasteiger charge is -2.08. The minimum absolute atomic E-state index is 0.0837. The molecule has 0 fully saturated rings. The largest absolute Gasteiger partial charge is 0.378 e. The van der Waals surface area contributed by atoms with E-state index in [-0.39, 0.29) is 23.4 Å². The summed E-state index contributed by atoms with van der Waals surface area (Å²) in [6, 6.07) is 11.8. The van der Waals surface area contributed by atoms with E-state index in [4.69, 9.17) is 10.5 Å². The van der Waals surface area contributed by atoms with Gasteiger partial charge in [0, 0.05) is 12.1 Å². The molecule has 0 atom stereocenters. The molecule has 2 rings (SSSR count). The molecule has 0 aliphatic rings. The topological polar surface area (TPSA) is 59.6 Å². The Labute approximate surface area is 114 Å². The first kappa shape index (κ1) is 13.5. The van der Waals surface area contributed by atoms with Gasteiger partial charge >= 0.3 is 0 Å². The van der Waals surface area contributed by atoms with Crippen LogP contribution in [0, 0.1) is 34.3 Å². The average Bonchev–Trinajstić information content (AvgIpc) is 2.46. The van der Waals surface area contributed by atoms with Gasteiger partial charge in [-0.25, -0.2) is 8.78 Å². The van der Waals surface area contributed by atoms with Crippen LogP contribution in [0.1, 0.15) is 16.7 Å². The fourth-order valence-electron chi connectivity index (χ4n) is 1.68. The third-order valence-corrected chi connectivity index (χ3v) is 2.75. The average molecular weight is 269 g/mol. The molecule has 0 bridgehead atoms. The van der Waals surface area contributed by atoms with Gasteiger partial charge < -0.3 is 5.32 Å². The summed E-state index contributed by atoms with van der Waals surface area (Å²) < 4.78 is 27.2. The Bertz CT molecular complexity index is 663. The SMILES string of the molecule is N#Cc1ccc(CNc2ccc(C#N)cc2F)c(F)c1. The smallest absolute Gasteiger partial charge is 0.147 e. The number of hydrogen-bond acceptors (Lipinski definition) is 3. The van der Waals surface area contributed by atoms with Gasteiger partial charge in [0.1, 0.15) is 11.6 Å². The lowest BCUT2D eigenvalue weighted by molar-refractivity contribution is 0.610. The maximum Gasteiger partial charge on any atom is 0.147 e. The zero-order valence-corrected chi connectivity index (χ0v) is 10.3. The summed E-state index contributed by atoms with van der Waals surface area (Å²) in [4.78, 5) is 0. The van der Waals surface area contributed by atoms with Gasteiger partial charge in [-0.15, -0.1) is 0 Å². The van der Waals surface area contributed by atoms with Crippen LogP contribution in [0.3, 0.4) is 0 Å². The van der Waals surface area contributed by atoms with Gasteiger partial charge in [-0.3, -0.25) is 0 Å². The number of nitriles is 2. The van der Waals surface area contributed by atoms with Crippen molar-refractivity contribution < 1.29 is 8.78 Å². The predicted molar refractivity (Wildman–Crippen MR) is 69.6 cm³/mol. The summed E-state index contributed by atoms with van der Waals surface area (Å²) in [7, 11) is 0. The summed E-state index contributed by atoms with van der Waals surface area (Å²) in [5.41, 5.74) is 0.967. The maximum absolute atomic E-state index is 13.6. The summed E-state index contributed by atoms with van der Waals surface area (Å²) >= 11 is 0. The van der Waals surface area contributed by atoms with Gasteiger partial charge in [0.25, 0.3) is 0 Å². The predicted octanol–water partition coefficient (Wildman–Crippen LogP) is 3.32. The van der Waals surface area contributed by atoms with Crippen LogP contribution < -0.4 is 5.32 Å². The highest BCUT2D eigenvalue weighted by Gasteiger charge is 2.06. The third-order valence-electron chi connectivity index (χ3n) is 2.75. The van der Waals surface area contributed by atoms with Gasteiger partial charge in [0.15, 0.2) is 0 Å². The van der Waals surface area contributed by atoms with Crippen molar-refractivity contribution in [3.63, 3.8) is 0 Å². The maximum atomic E-state index is 13.6. The van der Waals surface area contributed by atoms with Gasteiger partial charge in [-0.1, -0.05) is 6.07 Å². The van der Waals surface area contributed by atoms with Crippen LogP contribution in [0.5, 0.6) is 0 Å². The van der Waals surface area contributed by atoms with Crippen LogP contribution in [0.25, 0.3) is 0 Å². The second-order valence-electron chi connectivity index (χ2n) is 4.08. The molecule has 0 radical (unpaired) electrons. The van der Waals surface area contributed by atoms with Crippen molar-refractivity contribution in [3.8, 4) is 12.1 Å². The lowest BCUT2D eigenvalue weighted by Crippen LogP contribution is -2.04. The molecule has 0 aliphatic carbocycles. The minimum Gasteiger partial charge on any atom is -0.378 e. The monoisotopic (exact) mass is 269 g/mol. The van der Waals surface area contributed by atoms with E-state index in [0.717, 1.165) is 12.1 Å². The molecule has 0 amide bonds. The second kappa shape index (κ2) is 5.81. The first-order valence-electron chi connectivity index (χ1n) is 5.76. The number of anilines is 1. The quantitative estimate of drug-likeness (QED) is 0.929. The molecule has 0 unspecified atom stereocenters. The molecule has 2 aromatic rings. The van der Waals surface area contributed by atoms with E-state index in [1.165, 1.54) is 24.3 Å². The van der Waals surface area contributed by atoms with E-state index in [0.29, 0.717) is 5.56 Å². The number of hydrogen-bond donors (Lipinski definition) is 1. The first-order chi connectivity index (χ1) is 9.63. The third kappa shape index (κ3) is 2.90. The molecule has 5 heteroatoms. The molecule has 98 valence electrons. The van der Waals surface area contributed by atoms with Crippen LogP contribution in [-0.4, -0.2) is 0 Å². The van der Waals surface area contributed by atoms with E-state index < -0.39 is 11.6 Å². The van der Waals surface area contributed by atoms with Crippen molar-refractivity contribution in [3.05, 3.63) is 64.7 Å². The normalized spacial score (nSPS) is 9.60. The second-order valence-corrected chi connectivity index (χ2v) is 4.08. The Morgan fingerprint density at radius 1 is 0.900 bits per heavy atom. The highest BCUT2D eigenvalue weighted by atomic mass is 19.1. The van der Waals surface area contributed by atoms with Crippen LogP contribution in [-0.2, 0) is 6.54 Å². The molecule has 0 aromatic heterocycles. The number of nitrogens with zero attached hydrogens (tertiary/aromatic N) is 2. The standard InChI is InChI=1S/C15H9F2N3/c16-13-5-10(7-18)1-3-12(13)9-20-15-4-2-11(8-19)6-14(15)17/h1-6,20H,9H2. The van der Waals surface area contributed by atoms with E-state index in [9.17, 15) is 8.78 Å². The van der Waals surface area contributed by atoms with Gasteiger partial charge in [-0.05, 0) is 30.3 Å². The molecule has 0 saturated carbocycles. The highest BCUT2D eigenvalue weighted by Crippen LogP contribution is 2.17. The van der Waals surface area contributed by atoms with Crippen LogP contribution in [0.4, 0.5) is 14.5 Å². The minimum atomic E-state index is -0.571. The zero-order chi connectivity index (χ0) is 14.5. The van der Waals surface area contributed by atoms with Crippen molar-refractivity contribution in [2.75, 3.05) is 5.32 Å². The van der Waals surface area contributed by atoms with E-state index in [1.54, 1.807) is 0 Å². The molecule has 1 N–H and O–H groups in total. The molecule has 0 spiro atoms. The summed E-state index contributed by atoms with van der Waals surface area (Å²) in [5, 5.41) is 20.0. The fraction of sp³-hybridized carbons (Fsp3) is 0.0667. The lowest BCUT2D eigenvalue weighted by atomic mass is 10.1. The van der Waals surface area contributed by atoms with Crippen molar-refractivity contribution in [1.29, 1.82) is 10.5 Å². The molecular weight excluding hydrogens is 260 g/mol. The van der Waals surface area contributed by atoms with Crippen LogP contribution in [0.2, 0.25) is 0 Å². The van der Waals surface area contributed by atoms with Gasteiger partial charge in [-0.2, -0.15) is 10.5 Å². The van der Waals surface area contributed by atoms with Gasteiger partial charge in [0.2, 0.25) is 0 Å². The Balaban J connectivity index is 2.13. The Morgan fingerprint density at radius 3 is 2.05 bits per heavy atom. The molecule has 20 heavy (non-hydrogen) atoms. The van der Waals surface area contributed by atoms with Crippen molar-refractivity contribution in [2.45, 2.75) is 6.54 Å². The number of benzene rings is 2. The summed E-state index contributed by atoms with van der Waals surface area (Å²) in [5.74, 6) is -1.09. The van der Waals surface area contributed by atoms with Gasteiger partial charge in [0.05, 0.1) is 29.0 Å². The van der Waals surface area contributed by atoms with E-state index in [2.05, 4.69) is 5.32 Å². The highest BCUT2D eigenvalue weighted by molar-refractivity contribution is 5.49. The van der Waals surface area contributed by atoms with E-state index in [1.807, 2.05) is 12.1 Å². The Hall–Kier alpha value is -2.92. The van der Waals surface area contributed by atoms with Crippen LogP contribution in [0.15, 0.2) is 36.4 Å². The van der Waals surface area contributed by atoms with Crippen molar-refractivity contribution >= 4 is 5.69 Å². The Morgan fingerprint density at radius 2 is 1.50 bits per heavy atom. The number of nitrogens with one attached hydrogen (secondary N) is 1. The van der Waals surface area contributed by atoms with E-state index >= 15 is 0 Å². The first-order valence-corrected chi connectivity index (χ1v) is 5.76. The molecule has 3 nitrogen and oxygen atoms in total. The Kier molecular flexibility index (Phi) is 3.93. The number of rotatable bonds is 3. The fourth-order valence-corrected chi connectivity index (χ4v) is 1.68. The molecule has 2 aromatic carbocycles. The molecular formula is C15H9F2N3. The zero-order valence-electron chi connectivity index (χ0n) is 10.3. The number of halogens is 2. The van der Waals surface area contributed by atoms with Crippen LogP contribution >= 0.6 is 0 Å². The summed E-state index contributed by atoms with van der Waals surface area (Å²) in [6.07, 6.45) is 0.